The molecule has 168 valence electrons. The molecule has 1 amide bonds. The minimum atomic E-state index is -0.305. The zero-order valence-electron chi connectivity index (χ0n) is 19.1. The lowest BCUT2D eigenvalue weighted by molar-refractivity contribution is 0.0745. The highest BCUT2D eigenvalue weighted by Crippen LogP contribution is 2.33. The van der Waals surface area contributed by atoms with Crippen LogP contribution in [0.3, 0.4) is 0 Å². The minimum Gasteiger partial charge on any atom is -0.495 e. The van der Waals surface area contributed by atoms with Crippen molar-refractivity contribution in [3.05, 3.63) is 82.4 Å². The summed E-state index contributed by atoms with van der Waals surface area (Å²) in [5.41, 5.74) is 3.77. The predicted molar refractivity (Wildman–Crippen MR) is 123 cm³/mol. The average Bonchev–Trinajstić information content (AvgIpc) is 3.36. The molecule has 7 heteroatoms. The Labute approximate surface area is 192 Å². The quantitative estimate of drug-likeness (QED) is 0.561. The molecule has 33 heavy (non-hydrogen) atoms. The van der Waals surface area contributed by atoms with Crippen molar-refractivity contribution in [2.45, 2.75) is 33.9 Å². The van der Waals surface area contributed by atoms with Crippen molar-refractivity contribution in [1.29, 1.82) is 5.26 Å². The number of rotatable bonds is 4. The molecule has 0 atom stereocenters. The third kappa shape index (κ3) is 4.51. The zero-order chi connectivity index (χ0) is 23.8. The maximum atomic E-state index is 13.6. The van der Waals surface area contributed by atoms with Gasteiger partial charge in [0.05, 0.1) is 36.2 Å². The van der Waals surface area contributed by atoms with Gasteiger partial charge >= 0.3 is 0 Å². The Hall–Kier alpha value is -3.92. The third-order valence-electron chi connectivity index (χ3n) is 5.45. The van der Waals surface area contributed by atoms with Gasteiger partial charge in [-0.15, -0.1) is 0 Å². The van der Waals surface area contributed by atoms with Crippen LogP contribution in [-0.2, 0) is 13.1 Å². The summed E-state index contributed by atoms with van der Waals surface area (Å²) in [4.78, 5) is 15.3. The maximum absolute atomic E-state index is 13.6. The molecule has 0 spiro atoms. The normalized spacial score (nSPS) is 13.3. The van der Waals surface area contributed by atoms with Crippen LogP contribution in [0.4, 0.5) is 4.39 Å². The molecule has 1 aliphatic rings. The summed E-state index contributed by atoms with van der Waals surface area (Å²) >= 11 is 0. The van der Waals surface area contributed by atoms with Crippen LogP contribution in [0.2, 0.25) is 0 Å². The topological polar surface area (TPSA) is 71.2 Å². The number of fused-ring (bicyclic) bond motifs is 1. The second kappa shape index (κ2) is 8.55. The molecule has 2 heterocycles. The molecule has 3 aromatic rings. The van der Waals surface area contributed by atoms with Crippen LogP contribution in [0.1, 0.15) is 53.5 Å². The number of aromatic nitrogens is 2. The van der Waals surface area contributed by atoms with Crippen LogP contribution in [0, 0.1) is 22.6 Å². The lowest BCUT2D eigenvalue weighted by atomic mass is 9.93. The summed E-state index contributed by atoms with van der Waals surface area (Å²) in [7, 11) is 1.47. The van der Waals surface area contributed by atoms with E-state index in [1.165, 1.54) is 19.2 Å². The van der Waals surface area contributed by atoms with E-state index in [-0.39, 0.29) is 22.9 Å². The Morgan fingerprint density at radius 1 is 1.18 bits per heavy atom. The van der Waals surface area contributed by atoms with Crippen molar-refractivity contribution in [2.75, 3.05) is 7.11 Å². The van der Waals surface area contributed by atoms with Gasteiger partial charge < -0.3 is 9.64 Å². The lowest BCUT2D eigenvalue weighted by Gasteiger charge is -2.20. The van der Waals surface area contributed by atoms with E-state index in [4.69, 9.17) is 4.74 Å². The van der Waals surface area contributed by atoms with Crippen LogP contribution in [0.5, 0.6) is 5.75 Å². The molecule has 0 radical (unpaired) electrons. The highest BCUT2D eigenvalue weighted by Gasteiger charge is 2.31. The van der Waals surface area contributed by atoms with E-state index in [2.05, 4.69) is 31.9 Å². The van der Waals surface area contributed by atoms with Crippen molar-refractivity contribution in [1.82, 2.24) is 14.7 Å². The molecule has 2 aromatic carbocycles. The first-order valence-electron chi connectivity index (χ1n) is 10.6. The van der Waals surface area contributed by atoms with Gasteiger partial charge in [-0.1, -0.05) is 39.0 Å². The Bertz CT molecular complexity index is 1250. The Kier molecular flexibility index (Phi) is 5.77. The van der Waals surface area contributed by atoms with Crippen molar-refractivity contribution in [3.8, 4) is 17.5 Å². The average molecular weight is 445 g/mol. The van der Waals surface area contributed by atoms with Crippen LogP contribution in [0.25, 0.3) is 11.8 Å². The molecule has 0 aliphatic carbocycles. The smallest absolute Gasteiger partial charge is 0.258 e. The largest absolute Gasteiger partial charge is 0.495 e. The first kappa shape index (κ1) is 22.3. The van der Waals surface area contributed by atoms with Gasteiger partial charge in [-0.25, -0.2) is 9.07 Å². The van der Waals surface area contributed by atoms with E-state index in [9.17, 15) is 14.4 Å². The van der Waals surface area contributed by atoms with Crippen molar-refractivity contribution >= 4 is 12.0 Å². The number of hydrogen-bond donors (Lipinski definition) is 0. The fourth-order valence-corrected chi connectivity index (χ4v) is 3.78. The number of carbonyl (C=O) groups excluding carboxylic acids is 1. The van der Waals surface area contributed by atoms with E-state index in [1.54, 1.807) is 33.8 Å². The number of nitrogens with zero attached hydrogens (tertiary/aromatic N) is 4. The van der Waals surface area contributed by atoms with Crippen LogP contribution >= 0.6 is 0 Å². The first-order valence-corrected chi connectivity index (χ1v) is 10.6. The fraction of sp³-hybridized carbons (Fsp3) is 0.269. The monoisotopic (exact) mass is 444 g/mol. The van der Waals surface area contributed by atoms with E-state index in [1.807, 2.05) is 18.3 Å². The predicted octanol–water partition coefficient (Wildman–Crippen LogP) is 5.11. The summed E-state index contributed by atoms with van der Waals surface area (Å²) in [5, 5.41) is 14.1. The lowest BCUT2D eigenvalue weighted by Crippen LogP contribution is -2.27. The zero-order valence-corrected chi connectivity index (χ0v) is 19.1. The summed E-state index contributed by atoms with van der Waals surface area (Å²) in [6.07, 6.45) is 5.79. The number of carbonyl (C=O) groups is 1. The van der Waals surface area contributed by atoms with Crippen LogP contribution in [0.15, 0.2) is 48.7 Å². The number of hydrogen-bond acceptors (Lipinski definition) is 4. The van der Waals surface area contributed by atoms with Gasteiger partial charge in [0.1, 0.15) is 17.6 Å². The summed E-state index contributed by atoms with van der Waals surface area (Å²) in [5.74, 6) is -0.247. The Morgan fingerprint density at radius 3 is 2.52 bits per heavy atom. The molecule has 6 nitrogen and oxygen atoms in total. The molecule has 4 rings (SSSR count). The van der Waals surface area contributed by atoms with Gasteiger partial charge in [0.2, 0.25) is 0 Å². The second-order valence-electron chi connectivity index (χ2n) is 9.10. The molecule has 1 aromatic heterocycles. The van der Waals surface area contributed by atoms with E-state index < -0.39 is 0 Å². The summed E-state index contributed by atoms with van der Waals surface area (Å²) in [6, 6.07) is 11.7. The van der Waals surface area contributed by atoms with Gasteiger partial charge in [-0.3, -0.25) is 4.79 Å². The summed E-state index contributed by atoms with van der Waals surface area (Å²) in [6.45, 7) is 6.95. The van der Waals surface area contributed by atoms with Gasteiger partial charge in [0.25, 0.3) is 5.91 Å². The molecule has 1 aliphatic heterocycles. The SMILES string of the molecule is COc1c(C#N)ccc(C=CC(C)(C)C)c1C(=O)N1Cc2cn(-c3ccc(F)cc3)nc2C1. The number of nitriles is 1. The van der Waals surface area contributed by atoms with Gasteiger partial charge in [0, 0.05) is 18.3 Å². The number of halogens is 1. The van der Waals surface area contributed by atoms with Crippen molar-refractivity contribution in [2.24, 2.45) is 5.41 Å². The van der Waals surface area contributed by atoms with Crippen LogP contribution in [-0.4, -0.2) is 27.7 Å². The molecular formula is C26H25FN4O2. The number of ether oxygens (including phenoxy) is 1. The highest BCUT2D eigenvalue weighted by atomic mass is 19.1. The molecule has 0 saturated carbocycles. The maximum Gasteiger partial charge on any atom is 0.258 e. The van der Waals surface area contributed by atoms with E-state index in [0.29, 0.717) is 29.8 Å². The van der Waals surface area contributed by atoms with Crippen molar-refractivity contribution < 1.29 is 13.9 Å². The van der Waals surface area contributed by atoms with E-state index >= 15 is 0 Å². The van der Waals surface area contributed by atoms with Gasteiger partial charge in [0.15, 0.2) is 0 Å². The number of methoxy groups -OCH3 is 1. The van der Waals surface area contributed by atoms with Gasteiger partial charge in [-0.2, -0.15) is 10.4 Å². The first-order chi connectivity index (χ1) is 15.7. The molecule has 0 unspecified atom stereocenters. The van der Waals surface area contributed by atoms with Crippen LogP contribution < -0.4 is 4.74 Å². The fourth-order valence-electron chi connectivity index (χ4n) is 3.78. The molecular weight excluding hydrogens is 419 g/mol. The van der Waals surface area contributed by atoms with Crippen molar-refractivity contribution in [3.63, 3.8) is 0 Å². The van der Waals surface area contributed by atoms with E-state index in [0.717, 1.165) is 16.9 Å². The highest BCUT2D eigenvalue weighted by molar-refractivity contribution is 6.01. The molecule has 0 N–H and O–H groups in total. The number of amides is 1. The molecule has 0 bridgehead atoms. The minimum absolute atomic E-state index is 0.0739. The standard InChI is InChI=1S/C26H25FN4O2/c1-26(2,3)12-11-17-5-6-18(13-28)24(33-4)23(17)25(32)30-14-19-15-31(29-22(19)16-30)21-9-7-20(27)8-10-21/h5-12,15H,14,16H2,1-4H3. The third-order valence-corrected chi connectivity index (χ3v) is 5.45. The Balaban J connectivity index is 1.66. The summed E-state index contributed by atoms with van der Waals surface area (Å²) < 4.78 is 20.4. The second-order valence-corrected chi connectivity index (χ2v) is 9.10. The molecule has 0 fully saturated rings. The van der Waals surface area contributed by atoms with Gasteiger partial charge in [-0.05, 0) is 41.3 Å². The number of allylic oxidation sites excluding steroid dienone is 1. The molecule has 0 saturated heterocycles. The number of benzene rings is 2. The Morgan fingerprint density at radius 2 is 1.91 bits per heavy atom.